The lowest BCUT2D eigenvalue weighted by Crippen LogP contribution is -1.95. The zero-order chi connectivity index (χ0) is 10.7. The van der Waals surface area contributed by atoms with Crippen molar-refractivity contribution in [2.75, 3.05) is 5.73 Å². The summed E-state index contributed by atoms with van der Waals surface area (Å²) in [4.78, 5) is 3.69. The first kappa shape index (κ1) is 9.51. The van der Waals surface area contributed by atoms with Crippen LogP contribution in [0.3, 0.4) is 0 Å². The minimum atomic E-state index is -0.412. The maximum absolute atomic E-state index is 13.1. The van der Waals surface area contributed by atoms with Crippen LogP contribution in [0.5, 0.6) is 5.75 Å². The van der Waals surface area contributed by atoms with Gasteiger partial charge in [-0.1, -0.05) is 12.1 Å². The number of nitrogens with two attached hydrogens (primary N) is 1. The van der Waals surface area contributed by atoms with Crippen LogP contribution in [0, 0.1) is 5.82 Å². The molecule has 4 nitrogen and oxygen atoms in total. The topological polar surface area (TPSA) is 61.3 Å². The fraction of sp³-hybridized carbons (Fsp3) is 0.100. The van der Waals surface area contributed by atoms with E-state index in [2.05, 4.69) is 4.98 Å². The second kappa shape index (κ2) is 4.00. The molecule has 0 amide bonds. The van der Waals surface area contributed by atoms with E-state index in [1.165, 1.54) is 18.3 Å². The number of hydrogen-bond acceptors (Lipinski definition) is 4. The summed E-state index contributed by atoms with van der Waals surface area (Å²) < 4.78 is 23.2. The van der Waals surface area contributed by atoms with Crippen molar-refractivity contribution in [1.82, 2.24) is 4.98 Å². The second-order valence-electron chi connectivity index (χ2n) is 2.88. The van der Waals surface area contributed by atoms with Gasteiger partial charge in [0.1, 0.15) is 6.61 Å². The van der Waals surface area contributed by atoms with Crippen LogP contribution in [0.15, 0.2) is 34.9 Å². The van der Waals surface area contributed by atoms with E-state index < -0.39 is 5.82 Å². The number of anilines is 1. The third-order valence-electron chi connectivity index (χ3n) is 1.78. The summed E-state index contributed by atoms with van der Waals surface area (Å²) in [7, 11) is 0. The number of halogens is 1. The van der Waals surface area contributed by atoms with Gasteiger partial charge in [-0.05, 0) is 12.1 Å². The Labute approximate surface area is 85.5 Å². The third kappa shape index (κ3) is 2.25. The number of oxazole rings is 1. The Morgan fingerprint density at radius 2 is 2.20 bits per heavy atom. The molecule has 0 spiro atoms. The van der Waals surface area contributed by atoms with Crippen molar-refractivity contribution in [3.63, 3.8) is 0 Å². The highest BCUT2D eigenvalue weighted by Gasteiger charge is 2.04. The molecule has 2 rings (SSSR count). The Balaban J connectivity index is 2.02. The summed E-state index contributed by atoms with van der Waals surface area (Å²) in [6.07, 6.45) is 1.44. The minimum absolute atomic E-state index is 0.0714. The quantitative estimate of drug-likeness (QED) is 0.837. The lowest BCUT2D eigenvalue weighted by molar-refractivity contribution is 0.260. The van der Waals surface area contributed by atoms with Gasteiger partial charge < -0.3 is 14.9 Å². The molecule has 78 valence electrons. The van der Waals surface area contributed by atoms with Gasteiger partial charge in [0.15, 0.2) is 17.3 Å². The lowest BCUT2D eigenvalue weighted by atomic mass is 10.3. The van der Waals surface area contributed by atoms with Crippen molar-refractivity contribution < 1.29 is 13.5 Å². The summed E-state index contributed by atoms with van der Waals surface area (Å²) in [6, 6.07) is 6.21. The Hall–Kier alpha value is -2.04. The molecule has 0 unspecified atom stereocenters. The molecule has 0 bridgehead atoms. The predicted octanol–water partition coefficient (Wildman–Crippen LogP) is 1.97. The average Bonchev–Trinajstić information content (AvgIpc) is 2.63. The van der Waals surface area contributed by atoms with Crippen LogP contribution in [0.4, 0.5) is 10.4 Å². The first-order valence-corrected chi connectivity index (χ1v) is 4.33. The van der Waals surface area contributed by atoms with E-state index in [0.717, 1.165) is 0 Å². The highest BCUT2D eigenvalue weighted by molar-refractivity contribution is 5.23. The molecule has 15 heavy (non-hydrogen) atoms. The molecular formula is C10H9FN2O2. The van der Waals surface area contributed by atoms with E-state index >= 15 is 0 Å². The monoisotopic (exact) mass is 208 g/mol. The zero-order valence-electron chi connectivity index (χ0n) is 7.81. The molecule has 0 saturated carbocycles. The van der Waals surface area contributed by atoms with Crippen LogP contribution in [-0.2, 0) is 6.61 Å². The number of rotatable bonds is 3. The largest absolute Gasteiger partial charge is 0.483 e. The number of nitrogens with zero attached hydrogens (tertiary/aromatic N) is 1. The van der Waals surface area contributed by atoms with Crippen molar-refractivity contribution in [2.45, 2.75) is 6.61 Å². The second-order valence-corrected chi connectivity index (χ2v) is 2.88. The van der Waals surface area contributed by atoms with Crippen LogP contribution >= 0.6 is 0 Å². The van der Waals surface area contributed by atoms with Crippen LogP contribution in [0.2, 0.25) is 0 Å². The van der Waals surface area contributed by atoms with Gasteiger partial charge in [-0.3, -0.25) is 0 Å². The van der Waals surface area contributed by atoms with Gasteiger partial charge in [-0.25, -0.2) is 9.37 Å². The maximum atomic E-state index is 13.1. The number of ether oxygens (including phenoxy) is 1. The number of hydrogen-bond donors (Lipinski definition) is 1. The van der Waals surface area contributed by atoms with Crippen LogP contribution < -0.4 is 10.5 Å². The molecule has 0 aliphatic heterocycles. The van der Waals surface area contributed by atoms with Gasteiger partial charge in [0.05, 0.1) is 6.20 Å². The van der Waals surface area contributed by atoms with Gasteiger partial charge >= 0.3 is 0 Å². The smallest absolute Gasteiger partial charge is 0.292 e. The fourth-order valence-corrected chi connectivity index (χ4v) is 1.10. The van der Waals surface area contributed by atoms with Gasteiger partial charge in [-0.2, -0.15) is 0 Å². The van der Waals surface area contributed by atoms with E-state index in [4.69, 9.17) is 14.9 Å². The molecule has 1 aromatic carbocycles. The number of para-hydroxylation sites is 1. The number of nitrogen functional groups attached to an aromatic ring is 1. The Bertz CT molecular complexity index is 456. The molecule has 0 atom stereocenters. The number of benzene rings is 1. The lowest BCUT2D eigenvalue weighted by Gasteiger charge is -2.03. The van der Waals surface area contributed by atoms with Gasteiger partial charge in [0.2, 0.25) is 0 Å². The van der Waals surface area contributed by atoms with Gasteiger partial charge in [-0.15, -0.1) is 0 Å². The molecule has 0 fully saturated rings. The van der Waals surface area contributed by atoms with Crippen molar-refractivity contribution in [3.05, 3.63) is 42.0 Å². The zero-order valence-corrected chi connectivity index (χ0v) is 7.81. The Morgan fingerprint density at radius 3 is 2.87 bits per heavy atom. The van der Waals surface area contributed by atoms with E-state index in [1.807, 2.05) is 0 Å². The molecule has 5 heteroatoms. The van der Waals surface area contributed by atoms with Crippen molar-refractivity contribution >= 4 is 6.01 Å². The molecule has 2 N–H and O–H groups in total. The van der Waals surface area contributed by atoms with Crippen LogP contribution in [0.1, 0.15) is 5.76 Å². The average molecular weight is 208 g/mol. The highest BCUT2D eigenvalue weighted by atomic mass is 19.1. The minimum Gasteiger partial charge on any atom is -0.483 e. The molecular weight excluding hydrogens is 199 g/mol. The molecule has 0 saturated heterocycles. The van der Waals surface area contributed by atoms with E-state index in [9.17, 15) is 4.39 Å². The Kier molecular flexibility index (Phi) is 2.53. The van der Waals surface area contributed by atoms with Crippen molar-refractivity contribution in [3.8, 4) is 5.75 Å². The molecule has 0 radical (unpaired) electrons. The molecule has 2 aromatic rings. The van der Waals surface area contributed by atoms with Crippen LogP contribution in [0.25, 0.3) is 0 Å². The predicted molar refractivity (Wildman–Crippen MR) is 51.6 cm³/mol. The highest BCUT2D eigenvalue weighted by Crippen LogP contribution is 2.17. The third-order valence-corrected chi connectivity index (χ3v) is 1.78. The van der Waals surface area contributed by atoms with E-state index in [0.29, 0.717) is 5.76 Å². The normalized spacial score (nSPS) is 10.2. The first-order valence-electron chi connectivity index (χ1n) is 4.33. The summed E-state index contributed by atoms with van der Waals surface area (Å²) in [5, 5.41) is 0. The maximum Gasteiger partial charge on any atom is 0.292 e. The van der Waals surface area contributed by atoms with Crippen molar-refractivity contribution in [2.24, 2.45) is 0 Å². The summed E-state index contributed by atoms with van der Waals surface area (Å²) >= 11 is 0. The SMILES string of the molecule is Nc1ncc(COc2ccccc2F)o1. The molecule has 0 aliphatic carbocycles. The first-order chi connectivity index (χ1) is 7.25. The molecule has 1 aromatic heterocycles. The summed E-state index contributed by atoms with van der Waals surface area (Å²) in [5.74, 6) is 0.216. The van der Waals surface area contributed by atoms with Gasteiger partial charge in [0.25, 0.3) is 6.01 Å². The number of aromatic nitrogens is 1. The van der Waals surface area contributed by atoms with Crippen LogP contribution in [-0.4, -0.2) is 4.98 Å². The summed E-state index contributed by atoms with van der Waals surface area (Å²) in [5.41, 5.74) is 5.27. The van der Waals surface area contributed by atoms with E-state index in [1.54, 1.807) is 12.1 Å². The van der Waals surface area contributed by atoms with Crippen molar-refractivity contribution in [1.29, 1.82) is 0 Å². The standard InChI is InChI=1S/C10H9FN2O2/c11-8-3-1-2-4-9(8)14-6-7-5-13-10(12)15-7/h1-5H,6H2,(H2,12,13). The molecule has 1 heterocycles. The fourth-order valence-electron chi connectivity index (χ4n) is 1.10. The molecule has 0 aliphatic rings. The Morgan fingerprint density at radius 1 is 1.40 bits per heavy atom. The van der Waals surface area contributed by atoms with Gasteiger partial charge in [0, 0.05) is 0 Å². The summed E-state index contributed by atoms with van der Waals surface area (Å²) in [6.45, 7) is 0.102. The van der Waals surface area contributed by atoms with E-state index in [-0.39, 0.29) is 18.4 Å².